The number of alkyl halides is 3. The highest BCUT2D eigenvalue weighted by atomic mass is 32.1. The molecule has 0 aliphatic carbocycles. The van der Waals surface area contributed by atoms with Crippen molar-refractivity contribution in [3.8, 4) is 10.6 Å². The largest absolute Gasteiger partial charge is 0.434 e. The Labute approximate surface area is 148 Å². The lowest BCUT2D eigenvalue weighted by Gasteiger charge is -2.08. The molecule has 0 unspecified atom stereocenters. The number of nitrogens with zero attached hydrogens (tertiary/aromatic N) is 4. The lowest BCUT2D eigenvalue weighted by atomic mass is 10.2. The van der Waals surface area contributed by atoms with Crippen LogP contribution in [0.3, 0.4) is 0 Å². The average Bonchev–Trinajstić information content (AvgIpc) is 2.98. The van der Waals surface area contributed by atoms with E-state index in [-0.39, 0.29) is 27.2 Å². The molecule has 2 heterocycles. The highest BCUT2D eigenvalue weighted by molar-refractivity contribution is 7.15. The summed E-state index contributed by atoms with van der Waals surface area (Å²) >= 11 is 0.877. The molecule has 0 saturated heterocycles. The molecule has 0 fully saturated rings. The second-order valence-electron chi connectivity index (χ2n) is 5.11. The van der Waals surface area contributed by atoms with Gasteiger partial charge in [0, 0.05) is 24.0 Å². The standard InChI is InChI=1S/C15H10F3N5O2S/c1-8-20-13(15(16,17)18)12(26-8)11-5-6-19-14(22-11)21-9-3-2-4-10(7-9)23(24)25/h2-7H,1H3,(H,19,21,22). The third-order valence-corrected chi connectivity index (χ3v) is 4.20. The fourth-order valence-electron chi connectivity index (χ4n) is 2.16. The third kappa shape index (κ3) is 3.77. The average molecular weight is 381 g/mol. The molecule has 0 atom stereocenters. The molecule has 3 rings (SSSR count). The van der Waals surface area contributed by atoms with Gasteiger partial charge in [0.1, 0.15) is 0 Å². The van der Waals surface area contributed by atoms with Crippen LogP contribution in [-0.2, 0) is 6.18 Å². The predicted octanol–water partition coefficient (Wildman–Crippen LogP) is 4.58. The van der Waals surface area contributed by atoms with Crippen molar-refractivity contribution in [1.82, 2.24) is 15.0 Å². The lowest BCUT2D eigenvalue weighted by Crippen LogP contribution is -2.08. The van der Waals surface area contributed by atoms with E-state index in [0.29, 0.717) is 5.69 Å². The number of hydrogen-bond acceptors (Lipinski definition) is 7. The van der Waals surface area contributed by atoms with Gasteiger partial charge in [-0.25, -0.2) is 15.0 Å². The van der Waals surface area contributed by atoms with Crippen molar-refractivity contribution in [1.29, 1.82) is 0 Å². The fourth-order valence-corrected chi connectivity index (χ4v) is 3.07. The number of rotatable bonds is 4. The Kier molecular flexibility index (Phi) is 4.55. The van der Waals surface area contributed by atoms with Crippen molar-refractivity contribution in [3.05, 3.63) is 57.3 Å². The quantitative estimate of drug-likeness (QED) is 0.525. The van der Waals surface area contributed by atoms with Crippen LogP contribution >= 0.6 is 11.3 Å². The predicted molar refractivity (Wildman–Crippen MR) is 89.3 cm³/mol. The van der Waals surface area contributed by atoms with Gasteiger partial charge in [-0.2, -0.15) is 13.2 Å². The zero-order valence-corrected chi connectivity index (χ0v) is 13.9. The summed E-state index contributed by atoms with van der Waals surface area (Å²) in [6.07, 6.45) is -3.30. The van der Waals surface area contributed by atoms with Gasteiger partial charge in [-0.05, 0) is 19.1 Å². The van der Waals surface area contributed by atoms with Gasteiger partial charge < -0.3 is 5.32 Å². The maximum absolute atomic E-state index is 13.1. The van der Waals surface area contributed by atoms with Gasteiger partial charge in [0.25, 0.3) is 5.69 Å². The Hall–Kier alpha value is -3.08. The van der Waals surface area contributed by atoms with Crippen molar-refractivity contribution in [3.63, 3.8) is 0 Å². The monoisotopic (exact) mass is 381 g/mol. The summed E-state index contributed by atoms with van der Waals surface area (Å²) in [6, 6.07) is 6.96. The highest BCUT2D eigenvalue weighted by Crippen LogP contribution is 2.39. The number of nitrogens with one attached hydrogen (secondary N) is 1. The smallest absolute Gasteiger partial charge is 0.324 e. The summed E-state index contributed by atoms with van der Waals surface area (Å²) in [5.41, 5.74) is -0.734. The SMILES string of the molecule is Cc1nc(C(F)(F)F)c(-c2ccnc(Nc3cccc([N+](=O)[O-])c3)n2)s1. The molecule has 1 aromatic carbocycles. The van der Waals surface area contributed by atoms with E-state index in [2.05, 4.69) is 20.3 Å². The Bertz CT molecular complexity index is 974. The summed E-state index contributed by atoms with van der Waals surface area (Å²) in [5, 5.41) is 13.8. The van der Waals surface area contributed by atoms with Crippen LogP contribution in [0.25, 0.3) is 10.6 Å². The molecule has 0 aliphatic heterocycles. The van der Waals surface area contributed by atoms with Crippen molar-refractivity contribution < 1.29 is 18.1 Å². The first kappa shape index (κ1) is 17.7. The van der Waals surface area contributed by atoms with Crippen molar-refractivity contribution >= 4 is 28.7 Å². The molecule has 0 spiro atoms. The number of aromatic nitrogens is 3. The van der Waals surface area contributed by atoms with Gasteiger partial charge in [-0.15, -0.1) is 11.3 Å². The number of aryl methyl sites for hydroxylation is 1. The molecule has 0 saturated carbocycles. The summed E-state index contributed by atoms with van der Waals surface area (Å²) in [6.45, 7) is 1.48. The first-order chi connectivity index (χ1) is 12.2. The van der Waals surface area contributed by atoms with Gasteiger partial charge in [-0.3, -0.25) is 10.1 Å². The zero-order valence-electron chi connectivity index (χ0n) is 13.1. The third-order valence-electron chi connectivity index (χ3n) is 3.20. The topological polar surface area (TPSA) is 93.8 Å². The van der Waals surface area contributed by atoms with Crippen LogP contribution in [0.5, 0.6) is 0 Å². The fraction of sp³-hybridized carbons (Fsp3) is 0.133. The number of benzene rings is 1. The van der Waals surface area contributed by atoms with Crippen LogP contribution in [0.15, 0.2) is 36.5 Å². The van der Waals surface area contributed by atoms with E-state index in [9.17, 15) is 23.3 Å². The van der Waals surface area contributed by atoms with E-state index in [0.717, 1.165) is 11.3 Å². The number of nitro benzene ring substituents is 1. The Balaban J connectivity index is 1.95. The van der Waals surface area contributed by atoms with Gasteiger partial charge in [0.05, 0.1) is 20.5 Å². The molecule has 26 heavy (non-hydrogen) atoms. The van der Waals surface area contributed by atoms with Crippen LogP contribution < -0.4 is 5.32 Å². The molecule has 11 heteroatoms. The summed E-state index contributed by atoms with van der Waals surface area (Å²) in [7, 11) is 0. The molecule has 3 aromatic rings. The second kappa shape index (κ2) is 6.67. The number of non-ortho nitro benzene ring substituents is 1. The number of hydrogen-bond donors (Lipinski definition) is 1. The van der Waals surface area contributed by atoms with Gasteiger partial charge >= 0.3 is 6.18 Å². The van der Waals surface area contributed by atoms with Crippen molar-refractivity contribution in [2.45, 2.75) is 13.1 Å². The molecule has 134 valence electrons. The normalized spacial score (nSPS) is 11.4. The van der Waals surface area contributed by atoms with Gasteiger partial charge in [0.15, 0.2) is 5.69 Å². The maximum atomic E-state index is 13.1. The lowest BCUT2D eigenvalue weighted by molar-refractivity contribution is -0.384. The van der Waals surface area contributed by atoms with Gasteiger partial charge in [0.2, 0.25) is 5.95 Å². The Morgan fingerprint density at radius 3 is 2.69 bits per heavy atom. The first-order valence-corrected chi connectivity index (χ1v) is 7.95. The molecular formula is C15H10F3N5O2S. The summed E-state index contributed by atoms with van der Waals surface area (Å²) in [5.74, 6) is 0.0159. The van der Waals surface area contributed by atoms with Gasteiger partial charge in [-0.1, -0.05) is 6.07 Å². The number of anilines is 2. The highest BCUT2D eigenvalue weighted by Gasteiger charge is 2.37. The van der Waals surface area contributed by atoms with Crippen LogP contribution in [0, 0.1) is 17.0 Å². The molecule has 0 radical (unpaired) electrons. The van der Waals surface area contributed by atoms with E-state index in [4.69, 9.17) is 0 Å². The molecule has 0 aliphatic rings. The van der Waals surface area contributed by atoms with Crippen molar-refractivity contribution in [2.24, 2.45) is 0 Å². The van der Waals surface area contributed by atoms with Crippen molar-refractivity contribution in [2.75, 3.05) is 5.32 Å². The van der Waals surface area contributed by atoms with E-state index in [1.807, 2.05) is 0 Å². The van der Waals surface area contributed by atoms with Crippen LogP contribution in [0.1, 0.15) is 10.7 Å². The van der Waals surface area contributed by atoms with Crippen LogP contribution in [0.4, 0.5) is 30.5 Å². The van der Waals surface area contributed by atoms with E-state index < -0.39 is 16.8 Å². The van der Waals surface area contributed by atoms with Crippen LogP contribution in [0.2, 0.25) is 0 Å². The van der Waals surface area contributed by atoms with E-state index >= 15 is 0 Å². The minimum absolute atomic E-state index is 0.0159. The Morgan fingerprint density at radius 2 is 2.00 bits per heavy atom. The summed E-state index contributed by atoms with van der Waals surface area (Å²) < 4.78 is 39.4. The number of halogens is 3. The van der Waals surface area contributed by atoms with Crippen LogP contribution in [-0.4, -0.2) is 19.9 Å². The zero-order chi connectivity index (χ0) is 18.9. The van der Waals surface area contributed by atoms with E-state index in [1.54, 1.807) is 6.07 Å². The molecule has 2 aromatic heterocycles. The number of thiazole rings is 1. The molecule has 0 amide bonds. The van der Waals surface area contributed by atoms with E-state index in [1.165, 1.54) is 37.4 Å². The molecule has 1 N–H and O–H groups in total. The molecule has 7 nitrogen and oxygen atoms in total. The maximum Gasteiger partial charge on any atom is 0.434 e. The molecule has 0 bridgehead atoms. The minimum atomic E-state index is -4.60. The molecular weight excluding hydrogens is 371 g/mol. The minimum Gasteiger partial charge on any atom is -0.324 e. The number of nitro groups is 1. The summed E-state index contributed by atoms with van der Waals surface area (Å²) in [4.78, 5) is 21.7. The first-order valence-electron chi connectivity index (χ1n) is 7.13. The Morgan fingerprint density at radius 1 is 1.23 bits per heavy atom. The second-order valence-corrected chi connectivity index (χ2v) is 6.31.